The molecule has 3 nitrogen and oxygen atoms in total. The van der Waals surface area contributed by atoms with Crippen LogP contribution < -0.4 is 0 Å². The van der Waals surface area contributed by atoms with Crippen molar-refractivity contribution in [1.82, 2.24) is 9.97 Å². The number of para-hydroxylation sites is 1. The number of H-pyrrole nitrogens is 1. The quantitative estimate of drug-likeness (QED) is 0.384. The van der Waals surface area contributed by atoms with E-state index in [-0.39, 0.29) is 0 Å². The summed E-state index contributed by atoms with van der Waals surface area (Å²) in [6.45, 7) is 3.99. The van der Waals surface area contributed by atoms with E-state index in [1.807, 2.05) is 19.1 Å². The first-order valence-corrected chi connectivity index (χ1v) is 9.41. The Balaban J connectivity index is 1.82. The highest BCUT2D eigenvalue weighted by Crippen LogP contribution is 2.42. The van der Waals surface area contributed by atoms with E-state index in [9.17, 15) is 0 Å². The maximum absolute atomic E-state index is 6.18. The highest BCUT2D eigenvalue weighted by Gasteiger charge is 2.23. The van der Waals surface area contributed by atoms with E-state index in [1.165, 1.54) is 5.56 Å². The van der Waals surface area contributed by atoms with E-state index >= 15 is 0 Å². The summed E-state index contributed by atoms with van der Waals surface area (Å²) in [7, 11) is 0. The number of hydrogen-bond acceptors (Lipinski definition) is 2. The molecular formula is C25H20N2O. The summed E-state index contributed by atoms with van der Waals surface area (Å²) in [4.78, 5) is 8.32. The third-order valence-corrected chi connectivity index (χ3v) is 5.05. The Kier molecular flexibility index (Phi) is 3.87. The number of nitrogens with zero attached hydrogens (tertiary/aromatic N) is 1. The summed E-state index contributed by atoms with van der Waals surface area (Å²) >= 11 is 0. The van der Waals surface area contributed by atoms with Crippen LogP contribution in [0, 0.1) is 13.8 Å². The van der Waals surface area contributed by atoms with Crippen molar-refractivity contribution >= 4 is 10.9 Å². The molecule has 0 amide bonds. The van der Waals surface area contributed by atoms with Crippen molar-refractivity contribution in [3.05, 3.63) is 90.3 Å². The molecule has 1 N–H and O–H groups in total. The van der Waals surface area contributed by atoms with E-state index in [4.69, 9.17) is 9.40 Å². The largest absolute Gasteiger partial charge is 0.440 e. The summed E-state index contributed by atoms with van der Waals surface area (Å²) in [5.41, 5.74) is 7.46. The molecule has 0 aliphatic heterocycles. The smallest absolute Gasteiger partial charge is 0.192 e. The molecule has 0 unspecified atom stereocenters. The summed E-state index contributed by atoms with van der Waals surface area (Å²) in [6, 6.07) is 27.1. The average molecular weight is 364 g/mol. The van der Waals surface area contributed by atoms with Crippen molar-refractivity contribution in [2.24, 2.45) is 0 Å². The van der Waals surface area contributed by atoms with Crippen LogP contribution in [0.25, 0.3) is 44.7 Å². The van der Waals surface area contributed by atoms with E-state index in [0.29, 0.717) is 5.89 Å². The van der Waals surface area contributed by atoms with Gasteiger partial charge in [-0.05, 0) is 18.6 Å². The fourth-order valence-corrected chi connectivity index (χ4v) is 3.70. The second kappa shape index (κ2) is 6.54. The number of oxazole rings is 1. The van der Waals surface area contributed by atoms with E-state index in [2.05, 4.69) is 78.6 Å². The Morgan fingerprint density at radius 3 is 2.25 bits per heavy atom. The first kappa shape index (κ1) is 16.6. The molecule has 2 aromatic heterocycles. The summed E-state index contributed by atoms with van der Waals surface area (Å²) in [5.74, 6) is 1.47. The third-order valence-electron chi connectivity index (χ3n) is 5.05. The van der Waals surface area contributed by atoms with Crippen LogP contribution in [0.15, 0.2) is 83.3 Å². The van der Waals surface area contributed by atoms with Gasteiger partial charge in [-0.1, -0.05) is 78.4 Å². The minimum Gasteiger partial charge on any atom is -0.440 e. The van der Waals surface area contributed by atoms with Crippen LogP contribution in [0.1, 0.15) is 11.5 Å². The molecule has 0 atom stereocenters. The lowest BCUT2D eigenvalue weighted by molar-refractivity contribution is 0.535. The number of nitrogens with one attached hydrogen (secondary N) is 1. The maximum atomic E-state index is 6.18. The predicted octanol–water partition coefficient (Wildman–Crippen LogP) is 6.77. The van der Waals surface area contributed by atoms with Crippen LogP contribution in [0.5, 0.6) is 0 Å². The van der Waals surface area contributed by atoms with Crippen LogP contribution in [0.4, 0.5) is 0 Å². The van der Waals surface area contributed by atoms with Crippen molar-refractivity contribution in [3.63, 3.8) is 0 Å². The lowest BCUT2D eigenvalue weighted by Crippen LogP contribution is -1.86. The molecule has 3 aromatic carbocycles. The monoisotopic (exact) mass is 364 g/mol. The molecule has 3 heteroatoms. The fourth-order valence-electron chi connectivity index (χ4n) is 3.70. The van der Waals surface area contributed by atoms with Gasteiger partial charge < -0.3 is 9.40 Å². The van der Waals surface area contributed by atoms with Crippen molar-refractivity contribution in [2.75, 3.05) is 0 Å². The third kappa shape index (κ3) is 2.72. The number of aromatic amines is 1. The standard InChI is InChI=1S/C25H20N2O/c1-16-12-14-19(15-13-16)24-25(28-17(2)26-24)22-20-10-6-7-11-21(20)27-23(22)18-8-4-3-5-9-18/h3-15,27H,1-2H3. The zero-order chi connectivity index (χ0) is 19.1. The van der Waals surface area contributed by atoms with E-state index in [0.717, 1.165) is 44.7 Å². The van der Waals surface area contributed by atoms with E-state index < -0.39 is 0 Å². The molecule has 5 rings (SSSR count). The maximum Gasteiger partial charge on any atom is 0.192 e. The van der Waals surface area contributed by atoms with Gasteiger partial charge in [-0.15, -0.1) is 0 Å². The zero-order valence-corrected chi connectivity index (χ0v) is 15.9. The van der Waals surface area contributed by atoms with Gasteiger partial charge >= 0.3 is 0 Å². The average Bonchev–Trinajstić information content (AvgIpc) is 3.29. The first-order chi connectivity index (χ1) is 13.7. The molecule has 0 saturated carbocycles. The van der Waals surface area contributed by atoms with Crippen molar-refractivity contribution in [2.45, 2.75) is 13.8 Å². The number of aromatic nitrogens is 2. The zero-order valence-electron chi connectivity index (χ0n) is 15.9. The lowest BCUT2D eigenvalue weighted by Gasteiger charge is -2.06. The summed E-state index contributed by atoms with van der Waals surface area (Å²) < 4.78 is 6.18. The van der Waals surface area contributed by atoms with Gasteiger partial charge in [0.15, 0.2) is 11.7 Å². The Hall–Kier alpha value is -3.59. The van der Waals surface area contributed by atoms with Gasteiger partial charge in [0.25, 0.3) is 0 Å². The fraction of sp³-hybridized carbons (Fsp3) is 0.0800. The molecule has 136 valence electrons. The van der Waals surface area contributed by atoms with Crippen molar-refractivity contribution < 1.29 is 4.42 Å². The molecule has 2 heterocycles. The Bertz CT molecular complexity index is 1260. The van der Waals surface area contributed by atoms with Crippen LogP contribution >= 0.6 is 0 Å². The molecule has 0 spiro atoms. The van der Waals surface area contributed by atoms with E-state index in [1.54, 1.807) is 0 Å². The summed E-state index contributed by atoms with van der Waals surface area (Å²) in [5, 5.41) is 1.13. The van der Waals surface area contributed by atoms with Crippen LogP contribution in [0.3, 0.4) is 0 Å². The molecule has 0 fully saturated rings. The molecule has 0 saturated heterocycles. The first-order valence-electron chi connectivity index (χ1n) is 9.41. The van der Waals surface area contributed by atoms with Gasteiger partial charge in [0, 0.05) is 23.4 Å². The Labute approximate surface area is 163 Å². The lowest BCUT2D eigenvalue weighted by atomic mass is 9.99. The normalized spacial score (nSPS) is 11.2. The van der Waals surface area contributed by atoms with Gasteiger partial charge in [0.1, 0.15) is 5.69 Å². The second-order valence-electron chi connectivity index (χ2n) is 7.06. The minimum atomic E-state index is 0.662. The molecule has 28 heavy (non-hydrogen) atoms. The number of aryl methyl sites for hydroxylation is 2. The minimum absolute atomic E-state index is 0.662. The Morgan fingerprint density at radius 1 is 0.750 bits per heavy atom. The second-order valence-corrected chi connectivity index (χ2v) is 7.06. The topological polar surface area (TPSA) is 41.8 Å². The molecular weight excluding hydrogens is 344 g/mol. The summed E-state index contributed by atoms with van der Waals surface area (Å²) in [6.07, 6.45) is 0. The molecule has 0 aliphatic rings. The number of rotatable bonds is 3. The van der Waals surface area contributed by atoms with Gasteiger partial charge in [0.05, 0.1) is 11.3 Å². The predicted molar refractivity (Wildman–Crippen MR) is 114 cm³/mol. The van der Waals surface area contributed by atoms with Crippen LogP contribution in [-0.4, -0.2) is 9.97 Å². The van der Waals surface area contributed by atoms with Crippen LogP contribution in [0.2, 0.25) is 0 Å². The molecule has 0 bridgehead atoms. The molecule has 0 radical (unpaired) electrons. The number of benzene rings is 3. The van der Waals surface area contributed by atoms with Crippen molar-refractivity contribution in [3.8, 4) is 33.8 Å². The highest BCUT2D eigenvalue weighted by molar-refractivity contribution is 6.04. The Morgan fingerprint density at radius 2 is 1.46 bits per heavy atom. The highest BCUT2D eigenvalue weighted by atomic mass is 16.4. The molecule has 0 aliphatic carbocycles. The molecule has 5 aromatic rings. The SMILES string of the molecule is Cc1ccc(-c2nc(C)oc2-c2c(-c3ccccc3)[nH]c3ccccc23)cc1. The van der Waals surface area contributed by atoms with Crippen LogP contribution in [-0.2, 0) is 0 Å². The number of fused-ring (bicyclic) bond motifs is 1. The van der Waals surface area contributed by atoms with Crippen molar-refractivity contribution in [1.29, 1.82) is 0 Å². The van der Waals surface area contributed by atoms with Gasteiger partial charge in [-0.25, -0.2) is 4.98 Å². The number of hydrogen-bond donors (Lipinski definition) is 1. The van der Waals surface area contributed by atoms with Gasteiger partial charge in [0.2, 0.25) is 0 Å². The van der Waals surface area contributed by atoms with Gasteiger partial charge in [-0.2, -0.15) is 0 Å². The van der Waals surface area contributed by atoms with Gasteiger partial charge in [-0.3, -0.25) is 0 Å².